The smallest absolute Gasteiger partial charge is 0.239 e. The number of thiazole rings is 1. The van der Waals surface area contributed by atoms with Gasteiger partial charge in [0.15, 0.2) is 5.02 Å². The molecule has 0 amide bonds. The molecule has 34 heavy (non-hydrogen) atoms. The Morgan fingerprint density at radius 2 is 1.88 bits per heavy atom. The van der Waals surface area contributed by atoms with E-state index in [1.807, 2.05) is 36.6 Å². The highest BCUT2D eigenvalue weighted by molar-refractivity contribution is 7.09. The van der Waals surface area contributed by atoms with Crippen LogP contribution in [0, 0.1) is 11.9 Å². The molecular weight excluding hydrogens is 486 g/mol. The van der Waals surface area contributed by atoms with E-state index in [0.29, 0.717) is 31.9 Å². The van der Waals surface area contributed by atoms with Gasteiger partial charge < -0.3 is 9.64 Å². The Balaban J connectivity index is 1.31. The number of hydrogen-bond donors (Lipinski definition) is 0. The highest BCUT2D eigenvalue weighted by atomic mass is 35.5. The van der Waals surface area contributed by atoms with Crippen LogP contribution < -0.4 is 9.64 Å². The van der Waals surface area contributed by atoms with Crippen LogP contribution >= 0.6 is 22.9 Å². The summed E-state index contributed by atoms with van der Waals surface area (Å²) in [5.74, 6) is -1.31. The molecule has 0 bridgehead atoms. The molecule has 0 aliphatic carbocycles. The number of halogens is 3. The van der Waals surface area contributed by atoms with Crippen LogP contribution in [-0.2, 0) is 6.61 Å². The zero-order chi connectivity index (χ0) is 24.1. The van der Waals surface area contributed by atoms with Crippen molar-refractivity contribution in [2.45, 2.75) is 32.8 Å². The summed E-state index contributed by atoms with van der Waals surface area (Å²) in [5, 5.41) is 13.3. The zero-order valence-corrected chi connectivity index (χ0v) is 20.0. The average Bonchev–Trinajstić information content (AvgIpc) is 3.54. The van der Waals surface area contributed by atoms with Gasteiger partial charge in [0.25, 0.3) is 0 Å². The fourth-order valence-electron chi connectivity index (χ4n) is 3.15. The van der Waals surface area contributed by atoms with E-state index >= 15 is 0 Å². The van der Waals surface area contributed by atoms with E-state index < -0.39 is 16.9 Å². The number of benzene rings is 1. The maximum atomic E-state index is 13.7. The highest BCUT2D eigenvalue weighted by Gasteiger charge is 2.18. The third-order valence-electron chi connectivity index (χ3n) is 5.08. The molecule has 0 aliphatic heterocycles. The van der Waals surface area contributed by atoms with Gasteiger partial charge in [0.1, 0.15) is 18.7 Å². The summed E-state index contributed by atoms with van der Waals surface area (Å²) in [6.45, 7) is 5.27. The minimum absolute atomic E-state index is 0.0200. The monoisotopic (exact) mass is 506 g/mol. The van der Waals surface area contributed by atoms with Crippen LogP contribution in [0.25, 0.3) is 5.69 Å². The van der Waals surface area contributed by atoms with E-state index in [0.717, 1.165) is 16.4 Å². The Hall–Kier alpha value is -3.25. The molecule has 0 N–H and O–H groups in total. The number of hydrogen-bond acceptors (Lipinski definition) is 9. The molecule has 0 aliphatic rings. The molecule has 3 aromatic heterocycles. The summed E-state index contributed by atoms with van der Waals surface area (Å²) in [7, 11) is 0. The Kier molecular flexibility index (Phi) is 7.58. The number of nitrogens with zero attached hydrogens (tertiary/aromatic N) is 8. The van der Waals surface area contributed by atoms with Crippen molar-refractivity contribution in [3.63, 3.8) is 0 Å². The SMILES string of the molecule is CCN(CCC(C)c1nc(COc2ccc(-n3cnnn3)cc2)cs1)c1nc(F)c(Cl)c(F)n1. The van der Waals surface area contributed by atoms with Gasteiger partial charge in [-0.25, -0.2) is 9.67 Å². The molecule has 0 spiro atoms. The summed E-state index contributed by atoms with van der Waals surface area (Å²) in [5.41, 5.74) is 1.66. The zero-order valence-electron chi connectivity index (χ0n) is 18.4. The molecule has 1 aromatic carbocycles. The summed E-state index contributed by atoms with van der Waals surface area (Å²) >= 11 is 7.03. The standard InChI is InChI=1S/C21H21ClF2N8OS/c1-3-31(21-27-18(23)17(22)19(24)28-21)9-8-13(2)20-26-14(11-34-20)10-33-16-6-4-15(5-7-16)32-12-25-29-30-32/h4-7,11-13H,3,8-10H2,1-2H3. The Morgan fingerprint density at radius 1 is 1.15 bits per heavy atom. The van der Waals surface area contributed by atoms with E-state index in [2.05, 4.69) is 37.4 Å². The van der Waals surface area contributed by atoms with Gasteiger partial charge in [-0.3, -0.25) is 0 Å². The molecule has 1 atom stereocenters. The van der Waals surface area contributed by atoms with Crippen LogP contribution in [0.4, 0.5) is 14.7 Å². The van der Waals surface area contributed by atoms with Crippen molar-refractivity contribution in [2.75, 3.05) is 18.0 Å². The second kappa shape index (κ2) is 10.8. The number of rotatable bonds is 10. The van der Waals surface area contributed by atoms with Gasteiger partial charge in [-0.15, -0.1) is 16.4 Å². The van der Waals surface area contributed by atoms with E-state index in [-0.39, 0.29) is 11.9 Å². The lowest BCUT2D eigenvalue weighted by Gasteiger charge is -2.22. The van der Waals surface area contributed by atoms with Gasteiger partial charge in [-0.1, -0.05) is 18.5 Å². The van der Waals surface area contributed by atoms with Crippen molar-refractivity contribution in [1.29, 1.82) is 0 Å². The third kappa shape index (κ3) is 5.62. The molecule has 4 aromatic rings. The largest absolute Gasteiger partial charge is 0.487 e. The van der Waals surface area contributed by atoms with Gasteiger partial charge in [-0.2, -0.15) is 18.7 Å². The first-order valence-electron chi connectivity index (χ1n) is 10.5. The quantitative estimate of drug-likeness (QED) is 0.291. The molecule has 0 saturated carbocycles. The predicted molar refractivity (Wildman–Crippen MR) is 123 cm³/mol. The number of anilines is 1. The normalized spacial score (nSPS) is 12.0. The minimum atomic E-state index is -1.06. The van der Waals surface area contributed by atoms with Crippen LogP contribution in [0.1, 0.15) is 36.9 Å². The fraction of sp³-hybridized carbons (Fsp3) is 0.333. The van der Waals surface area contributed by atoms with Crippen LogP contribution in [0.15, 0.2) is 36.0 Å². The first kappa shape index (κ1) is 23.9. The number of tetrazole rings is 1. The third-order valence-corrected chi connectivity index (χ3v) is 6.52. The second-order valence-corrected chi connectivity index (χ2v) is 8.67. The molecule has 13 heteroatoms. The molecule has 4 rings (SSSR count). The van der Waals surface area contributed by atoms with E-state index in [1.54, 1.807) is 20.9 Å². The molecule has 178 valence electrons. The van der Waals surface area contributed by atoms with Gasteiger partial charge in [-0.05, 0) is 48.0 Å². The first-order chi connectivity index (χ1) is 16.4. The minimum Gasteiger partial charge on any atom is -0.487 e. The lowest BCUT2D eigenvalue weighted by Crippen LogP contribution is -2.27. The van der Waals surface area contributed by atoms with E-state index in [1.165, 1.54) is 6.33 Å². The van der Waals surface area contributed by atoms with E-state index in [4.69, 9.17) is 16.3 Å². The second-order valence-electron chi connectivity index (χ2n) is 7.40. The van der Waals surface area contributed by atoms with Gasteiger partial charge >= 0.3 is 0 Å². The molecule has 0 saturated heterocycles. The Bertz CT molecular complexity index is 1200. The molecule has 1 unspecified atom stereocenters. The van der Waals surface area contributed by atoms with Crippen LogP contribution in [0.5, 0.6) is 5.75 Å². The van der Waals surface area contributed by atoms with Gasteiger partial charge in [0.2, 0.25) is 17.8 Å². The maximum Gasteiger partial charge on any atom is 0.239 e. The summed E-state index contributed by atoms with van der Waals surface area (Å²) in [6.07, 6.45) is 2.22. The van der Waals surface area contributed by atoms with E-state index in [9.17, 15) is 8.78 Å². The van der Waals surface area contributed by atoms with Crippen molar-refractivity contribution < 1.29 is 13.5 Å². The Morgan fingerprint density at radius 3 is 2.53 bits per heavy atom. The van der Waals surface area contributed by atoms with Crippen LogP contribution in [-0.4, -0.2) is 48.2 Å². The number of ether oxygens (including phenoxy) is 1. The van der Waals surface area contributed by atoms with Crippen molar-refractivity contribution in [2.24, 2.45) is 0 Å². The summed E-state index contributed by atoms with van der Waals surface area (Å²) in [6, 6.07) is 7.41. The molecule has 3 heterocycles. The van der Waals surface area contributed by atoms with Crippen LogP contribution in [0.2, 0.25) is 5.02 Å². The van der Waals surface area contributed by atoms with Crippen molar-refractivity contribution >= 4 is 28.9 Å². The topological polar surface area (TPSA) is 94.7 Å². The lowest BCUT2D eigenvalue weighted by molar-refractivity contribution is 0.301. The predicted octanol–water partition coefficient (Wildman–Crippen LogP) is 4.44. The summed E-state index contributed by atoms with van der Waals surface area (Å²) < 4.78 is 34.8. The lowest BCUT2D eigenvalue weighted by atomic mass is 10.1. The van der Waals surface area contributed by atoms with Crippen molar-refractivity contribution in [1.82, 2.24) is 35.2 Å². The summed E-state index contributed by atoms with van der Waals surface area (Å²) in [4.78, 5) is 13.7. The van der Waals surface area contributed by atoms with Crippen molar-refractivity contribution in [3.8, 4) is 11.4 Å². The molecule has 9 nitrogen and oxygen atoms in total. The Labute approximate surface area is 203 Å². The van der Waals surface area contributed by atoms with Crippen molar-refractivity contribution in [3.05, 3.63) is 63.6 Å². The highest BCUT2D eigenvalue weighted by Crippen LogP contribution is 2.26. The fourth-order valence-corrected chi connectivity index (χ4v) is 4.13. The van der Waals surface area contributed by atoms with Gasteiger partial charge in [0, 0.05) is 24.4 Å². The van der Waals surface area contributed by atoms with Gasteiger partial charge in [0.05, 0.1) is 16.4 Å². The maximum absolute atomic E-state index is 13.7. The molecule has 0 fully saturated rings. The average molecular weight is 507 g/mol. The molecular formula is C21H21ClF2N8OS. The molecule has 0 radical (unpaired) electrons. The number of aromatic nitrogens is 7. The first-order valence-corrected chi connectivity index (χ1v) is 11.7. The van der Waals surface area contributed by atoms with Crippen LogP contribution in [0.3, 0.4) is 0 Å².